The Labute approximate surface area is 144 Å². The molecule has 0 aliphatic rings. The van der Waals surface area contributed by atoms with Gasteiger partial charge in [0.05, 0.1) is 0 Å². The average molecular weight is 326 g/mol. The Bertz CT molecular complexity index is 656. The molecular formula is C20H26N2O2. The Hall–Kier alpha value is -2.33. The number of ether oxygens (including phenoxy) is 1. The van der Waals surface area contributed by atoms with Crippen molar-refractivity contribution in [2.24, 2.45) is 5.73 Å². The van der Waals surface area contributed by atoms with Gasteiger partial charge in [0.2, 0.25) is 0 Å². The molecule has 2 rings (SSSR count). The fourth-order valence-electron chi connectivity index (χ4n) is 2.38. The zero-order valence-electron chi connectivity index (χ0n) is 14.5. The number of carbonyl (C=O) groups is 1. The number of amides is 1. The molecule has 128 valence electrons. The summed E-state index contributed by atoms with van der Waals surface area (Å²) in [6, 6.07) is 17.3. The standard InChI is InChI=1S/C20H26N2O2/c1-14(2)17-10-7-11-18(12-17)24-15(3)20(23)22-13-19(21)16-8-5-4-6-9-16/h4-12,14-15,19H,13,21H2,1-3H3,(H,22,23). The second-order valence-electron chi connectivity index (χ2n) is 6.25. The van der Waals surface area contributed by atoms with Crippen LogP contribution in [0.25, 0.3) is 0 Å². The van der Waals surface area contributed by atoms with Crippen LogP contribution in [0.3, 0.4) is 0 Å². The van der Waals surface area contributed by atoms with Gasteiger partial charge in [-0.2, -0.15) is 0 Å². The van der Waals surface area contributed by atoms with Crippen LogP contribution >= 0.6 is 0 Å². The molecule has 2 unspecified atom stereocenters. The van der Waals surface area contributed by atoms with Crippen molar-refractivity contribution in [3.63, 3.8) is 0 Å². The SMILES string of the molecule is CC(Oc1cccc(C(C)C)c1)C(=O)NCC(N)c1ccccc1. The predicted molar refractivity (Wildman–Crippen MR) is 97.0 cm³/mol. The first-order chi connectivity index (χ1) is 11.5. The molecule has 4 nitrogen and oxygen atoms in total. The molecule has 0 heterocycles. The van der Waals surface area contributed by atoms with E-state index in [9.17, 15) is 4.79 Å². The van der Waals surface area contributed by atoms with Gasteiger partial charge < -0.3 is 15.8 Å². The predicted octanol–water partition coefficient (Wildman–Crippen LogP) is 3.39. The second kappa shape index (κ2) is 8.50. The number of nitrogens with one attached hydrogen (secondary N) is 1. The van der Waals surface area contributed by atoms with Crippen LogP contribution in [0.5, 0.6) is 5.75 Å². The molecule has 0 aliphatic heterocycles. The molecule has 2 atom stereocenters. The molecule has 0 saturated heterocycles. The van der Waals surface area contributed by atoms with Crippen molar-refractivity contribution in [2.75, 3.05) is 6.54 Å². The third-order valence-corrected chi connectivity index (χ3v) is 3.93. The van der Waals surface area contributed by atoms with Crippen molar-refractivity contribution in [3.05, 3.63) is 65.7 Å². The average Bonchev–Trinajstić information content (AvgIpc) is 2.60. The van der Waals surface area contributed by atoms with Gasteiger partial charge in [0.25, 0.3) is 5.91 Å². The summed E-state index contributed by atoms with van der Waals surface area (Å²) in [5.74, 6) is 0.953. The Kier molecular flexibility index (Phi) is 6.38. The molecule has 3 N–H and O–H groups in total. The van der Waals surface area contributed by atoms with E-state index in [4.69, 9.17) is 10.5 Å². The zero-order chi connectivity index (χ0) is 17.5. The fraction of sp³-hybridized carbons (Fsp3) is 0.350. The quantitative estimate of drug-likeness (QED) is 0.819. The minimum absolute atomic E-state index is 0.170. The van der Waals surface area contributed by atoms with Gasteiger partial charge in [0, 0.05) is 12.6 Å². The first kappa shape index (κ1) is 18.0. The van der Waals surface area contributed by atoms with Gasteiger partial charge in [0.1, 0.15) is 5.75 Å². The zero-order valence-corrected chi connectivity index (χ0v) is 14.5. The van der Waals surface area contributed by atoms with E-state index in [2.05, 4.69) is 25.2 Å². The summed E-state index contributed by atoms with van der Waals surface area (Å²) in [5, 5.41) is 2.85. The summed E-state index contributed by atoms with van der Waals surface area (Å²) in [4.78, 5) is 12.2. The lowest BCUT2D eigenvalue weighted by Gasteiger charge is -2.18. The van der Waals surface area contributed by atoms with Crippen molar-refractivity contribution in [2.45, 2.75) is 38.8 Å². The van der Waals surface area contributed by atoms with E-state index >= 15 is 0 Å². The maximum Gasteiger partial charge on any atom is 0.260 e. The van der Waals surface area contributed by atoms with E-state index in [0.717, 1.165) is 5.56 Å². The number of rotatable bonds is 7. The summed E-state index contributed by atoms with van der Waals surface area (Å²) in [7, 11) is 0. The molecule has 2 aromatic carbocycles. The summed E-state index contributed by atoms with van der Waals surface area (Å²) in [6.45, 7) is 6.37. The van der Waals surface area contributed by atoms with Crippen LogP contribution < -0.4 is 15.8 Å². The number of carbonyl (C=O) groups excluding carboxylic acids is 1. The van der Waals surface area contributed by atoms with E-state index < -0.39 is 6.10 Å². The third-order valence-electron chi connectivity index (χ3n) is 3.93. The topological polar surface area (TPSA) is 64.3 Å². The number of hydrogen-bond acceptors (Lipinski definition) is 3. The number of nitrogens with two attached hydrogens (primary N) is 1. The molecule has 0 radical (unpaired) electrons. The van der Waals surface area contributed by atoms with E-state index in [0.29, 0.717) is 18.2 Å². The monoisotopic (exact) mass is 326 g/mol. The molecule has 0 saturated carbocycles. The molecule has 1 amide bonds. The summed E-state index contributed by atoms with van der Waals surface area (Å²) < 4.78 is 5.75. The van der Waals surface area contributed by atoms with Gasteiger partial charge in [0.15, 0.2) is 6.10 Å². The van der Waals surface area contributed by atoms with Crippen LogP contribution in [0.4, 0.5) is 0 Å². The third kappa shape index (κ3) is 5.10. The van der Waals surface area contributed by atoms with E-state index in [1.165, 1.54) is 5.56 Å². The Morgan fingerprint density at radius 1 is 1.04 bits per heavy atom. The highest BCUT2D eigenvalue weighted by molar-refractivity contribution is 5.80. The molecular weight excluding hydrogens is 300 g/mol. The van der Waals surface area contributed by atoms with Crippen LogP contribution in [0.2, 0.25) is 0 Å². The highest BCUT2D eigenvalue weighted by Crippen LogP contribution is 2.21. The van der Waals surface area contributed by atoms with Gasteiger partial charge >= 0.3 is 0 Å². The fourth-order valence-corrected chi connectivity index (χ4v) is 2.38. The van der Waals surface area contributed by atoms with Crippen molar-refractivity contribution >= 4 is 5.91 Å². The lowest BCUT2D eigenvalue weighted by molar-refractivity contribution is -0.127. The lowest BCUT2D eigenvalue weighted by Crippen LogP contribution is -2.39. The first-order valence-corrected chi connectivity index (χ1v) is 8.32. The van der Waals surface area contributed by atoms with Crippen LogP contribution in [0, 0.1) is 0 Å². The Morgan fingerprint density at radius 2 is 1.71 bits per heavy atom. The van der Waals surface area contributed by atoms with Crippen LogP contribution in [-0.4, -0.2) is 18.6 Å². The van der Waals surface area contributed by atoms with Gasteiger partial charge in [-0.25, -0.2) is 0 Å². The van der Waals surface area contributed by atoms with E-state index in [1.807, 2.05) is 48.5 Å². The lowest BCUT2D eigenvalue weighted by atomic mass is 10.0. The Morgan fingerprint density at radius 3 is 2.38 bits per heavy atom. The number of hydrogen-bond donors (Lipinski definition) is 2. The van der Waals surface area contributed by atoms with Crippen molar-refractivity contribution in [3.8, 4) is 5.75 Å². The number of benzene rings is 2. The summed E-state index contributed by atoms with van der Waals surface area (Å²) >= 11 is 0. The van der Waals surface area contributed by atoms with Crippen molar-refractivity contribution < 1.29 is 9.53 Å². The summed E-state index contributed by atoms with van der Waals surface area (Å²) in [5.41, 5.74) is 8.28. The molecule has 0 fully saturated rings. The minimum Gasteiger partial charge on any atom is -0.481 e. The summed E-state index contributed by atoms with van der Waals surface area (Å²) in [6.07, 6.45) is -0.574. The first-order valence-electron chi connectivity index (χ1n) is 8.32. The molecule has 0 aliphatic carbocycles. The normalized spacial score (nSPS) is 13.4. The maximum absolute atomic E-state index is 12.2. The molecule has 4 heteroatoms. The van der Waals surface area contributed by atoms with Crippen LogP contribution in [-0.2, 0) is 4.79 Å². The van der Waals surface area contributed by atoms with Crippen molar-refractivity contribution in [1.29, 1.82) is 0 Å². The molecule has 2 aromatic rings. The van der Waals surface area contributed by atoms with Crippen molar-refractivity contribution in [1.82, 2.24) is 5.32 Å². The van der Waals surface area contributed by atoms with E-state index in [-0.39, 0.29) is 11.9 Å². The van der Waals surface area contributed by atoms with Crippen LogP contribution in [0.1, 0.15) is 43.9 Å². The van der Waals surface area contributed by atoms with Gasteiger partial charge in [-0.1, -0.05) is 56.3 Å². The van der Waals surface area contributed by atoms with Gasteiger partial charge in [-0.3, -0.25) is 4.79 Å². The minimum atomic E-state index is -0.574. The highest BCUT2D eigenvalue weighted by Gasteiger charge is 2.16. The molecule has 0 bridgehead atoms. The van der Waals surface area contributed by atoms with E-state index in [1.54, 1.807) is 6.92 Å². The largest absolute Gasteiger partial charge is 0.481 e. The highest BCUT2D eigenvalue weighted by atomic mass is 16.5. The second-order valence-corrected chi connectivity index (χ2v) is 6.25. The maximum atomic E-state index is 12.2. The smallest absolute Gasteiger partial charge is 0.260 e. The molecule has 24 heavy (non-hydrogen) atoms. The Balaban J connectivity index is 1.87. The molecule has 0 aromatic heterocycles. The van der Waals surface area contributed by atoms with Gasteiger partial charge in [-0.15, -0.1) is 0 Å². The molecule has 0 spiro atoms. The van der Waals surface area contributed by atoms with Gasteiger partial charge in [-0.05, 0) is 36.1 Å². The van der Waals surface area contributed by atoms with Crippen LogP contribution in [0.15, 0.2) is 54.6 Å².